The van der Waals surface area contributed by atoms with Crippen molar-refractivity contribution >= 4 is 6.03 Å². The van der Waals surface area contributed by atoms with Crippen LogP contribution in [-0.2, 0) is 6.54 Å². The summed E-state index contributed by atoms with van der Waals surface area (Å²) in [5, 5.41) is 3.08. The molecule has 0 aromatic carbocycles. The summed E-state index contributed by atoms with van der Waals surface area (Å²) < 4.78 is 2.04. The molecule has 2 amide bonds. The molecule has 0 bridgehead atoms. The maximum atomic E-state index is 12.4. The van der Waals surface area contributed by atoms with E-state index in [0.29, 0.717) is 12.1 Å². The average Bonchev–Trinajstić information content (AvgIpc) is 3.35. The standard InChI is InChI=1S/C15H24N4O/c1-12(13-3-4-13)19(14-5-6-14)15(20)17-7-2-9-18-10-8-16-11-18/h8,10-14H,2-7,9H2,1H3,(H,17,20)/t12-/m1/s1. The van der Waals surface area contributed by atoms with Crippen molar-refractivity contribution in [2.24, 2.45) is 5.92 Å². The molecule has 5 heteroatoms. The number of aromatic nitrogens is 2. The molecule has 1 heterocycles. The fourth-order valence-electron chi connectivity index (χ4n) is 2.81. The molecule has 1 N–H and O–H groups in total. The molecule has 0 radical (unpaired) electrons. The maximum Gasteiger partial charge on any atom is 0.317 e. The summed E-state index contributed by atoms with van der Waals surface area (Å²) in [6.45, 7) is 3.85. The second-order valence-corrected chi connectivity index (χ2v) is 6.10. The summed E-state index contributed by atoms with van der Waals surface area (Å²) in [5.41, 5.74) is 0. The van der Waals surface area contributed by atoms with Crippen LogP contribution in [0.2, 0.25) is 0 Å². The van der Waals surface area contributed by atoms with E-state index in [0.717, 1.165) is 25.4 Å². The van der Waals surface area contributed by atoms with E-state index in [1.165, 1.54) is 25.7 Å². The van der Waals surface area contributed by atoms with Crippen LogP contribution in [0.25, 0.3) is 0 Å². The number of nitrogens with zero attached hydrogens (tertiary/aromatic N) is 3. The van der Waals surface area contributed by atoms with Crippen LogP contribution in [0.15, 0.2) is 18.7 Å². The Morgan fingerprint density at radius 1 is 1.45 bits per heavy atom. The number of amides is 2. The van der Waals surface area contributed by atoms with E-state index in [2.05, 4.69) is 22.1 Å². The van der Waals surface area contributed by atoms with Crippen LogP contribution >= 0.6 is 0 Å². The third-order valence-electron chi connectivity index (χ3n) is 4.35. The van der Waals surface area contributed by atoms with Gasteiger partial charge in [0.25, 0.3) is 0 Å². The van der Waals surface area contributed by atoms with Crippen molar-refractivity contribution in [1.82, 2.24) is 19.8 Å². The Balaban J connectivity index is 1.42. The molecule has 110 valence electrons. The van der Waals surface area contributed by atoms with Crippen LogP contribution in [0.1, 0.15) is 39.0 Å². The van der Waals surface area contributed by atoms with Crippen molar-refractivity contribution in [3.05, 3.63) is 18.7 Å². The molecule has 1 aromatic heterocycles. The highest BCUT2D eigenvalue weighted by Crippen LogP contribution is 2.39. The number of hydrogen-bond donors (Lipinski definition) is 1. The van der Waals surface area contributed by atoms with Gasteiger partial charge < -0.3 is 14.8 Å². The number of rotatable bonds is 7. The summed E-state index contributed by atoms with van der Waals surface area (Å²) >= 11 is 0. The molecule has 0 spiro atoms. The fourth-order valence-corrected chi connectivity index (χ4v) is 2.81. The SMILES string of the molecule is C[C@H](C1CC1)N(C(=O)NCCCn1ccnc1)C1CC1. The van der Waals surface area contributed by atoms with Crippen molar-refractivity contribution in [1.29, 1.82) is 0 Å². The van der Waals surface area contributed by atoms with Gasteiger partial charge in [0, 0.05) is 37.6 Å². The smallest absolute Gasteiger partial charge is 0.317 e. The molecule has 0 saturated heterocycles. The molecule has 0 unspecified atom stereocenters. The summed E-state index contributed by atoms with van der Waals surface area (Å²) in [7, 11) is 0. The Morgan fingerprint density at radius 3 is 2.85 bits per heavy atom. The summed E-state index contributed by atoms with van der Waals surface area (Å²) in [5.74, 6) is 0.743. The minimum absolute atomic E-state index is 0.137. The average molecular weight is 276 g/mol. The number of carbonyl (C=O) groups is 1. The minimum Gasteiger partial charge on any atom is -0.338 e. The molecular weight excluding hydrogens is 252 g/mol. The molecule has 1 aromatic rings. The molecular formula is C15H24N4O. The monoisotopic (exact) mass is 276 g/mol. The Morgan fingerprint density at radius 2 is 2.25 bits per heavy atom. The molecule has 2 aliphatic carbocycles. The van der Waals surface area contributed by atoms with Crippen molar-refractivity contribution in [3.63, 3.8) is 0 Å². The summed E-state index contributed by atoms with van der Waals surface area (Å²) in [6.07, 6.45) is 11.4. The van der Waals surface area contributed by atoms with Gasteiger partial charge in [0.05, 0.1) is 6.33 Å². The summed E-state index contributed by atoms with van der Waals surface area (Å²) in [6, 6.07) is 1.05. The van der Waals surface area contributed by atoms with Gasteiger partial charge in [-0.1, -0.05) is 0 Å². The van der Waals surface area contributed by atoms with Crippen LogP contribution in [0.4, 0.5) is 4.79 Å². The van der Waals surface area contributed by atoms with Gasteiger partial charge >= 0.3 is 6.03 Å². The lowest BCUT2D eigenvalue weighted by Crippen LogP contribution is -2.47. The van der Waals surface area contributed by atoms with E-state index < -0.39 is 0 Å². The van der Waals surface area contributed by atoms with Gasteiger partial charge in [0.15, 0.2) is 0 Å². The highest BCUT2D eigenvalue weighted by molar-refractivity contribution is 5.75. The molecule has 0 aliphatic heterocycles. The minimum atomic E-state index is 0.137. The Labute approximate surface area is 120 Å². The molecule has 2 fully saturated rings. The van der Waals surface area contributed by atoms with Crippen molar-refractivity contribution in [2.45, 2.75) is 57.7 Å². The highest BCUT2D eigenvalue weighted by atomic mass is 16.2. The van der Waals surface area contributed by atoms with Crippen LogP contribution < -0.4 is 5.32 Å². The number of hydrogen-bond acceptors (Lipinski definition) is 2. The Kier molecular flexibility index (Phi) is 3.94. The Bertz CT molecular complexity index is 437. The first kappa shape index (κ1) is 13.5. The largest absolute Gasteiger partial charge is 0.338 e. The molecule has 3 rings (SSSR count). The van der Waals surface area contributed by atoms with Crippen molar-refractivity contribution < 1.29 is 4.79 Å². The number of imidazole rings is 1. The van der Waals surface area contributed by atoms with Crippen LogP contribution in [0.3, 0.4) is 0 Å². The quantitative estimate of drug-likeness (QED) is 0.777. The van der Waals surface area contributed by atoms with Gasteiger partial charge in [-0.25, -0.2) is 9.78 Å². The van der Waals surface area contributed by atoms with E-state index in [9.17, 15) is 4.79 Å². The van der Waals surface area contributed by atoms with Gasteiger partial charge in [0.1, 0.15) is 0 Å². The van der Waals surface area contributed by atoms with E-state index >= 15 is 0 Å². The third-order valence-corrected chi connectivity index (χ3v) is 4.35. The zero-order chi connectivity index (χ0) is 13.9. The number of nitrogens with one attached hydrogen (secondary N) is 1. The van der Waals surface area contributed by atoms with E-state index in [-0.39, 0.29) is 6.03 Å². The van der Waals surface area contributed by atoms with Gasteiger partial charge in [-0.3, -0.25) is 0 Å². The maximum absolute atomic E-state index is 12.4. The first-order valence-corrected chi connectivity index (χ1v) is 7.77. The predicted molar refractivity (Wildman–Crippen MR) is 77.3 cm³/mol. The fraction of sp³-hybridized carbons (Fsp3) is 0.733. The topological polar surface area (TPSA) is 50.2 Å². The number of aryl methyl sites for hydroxylation is 1. The van der Waals surface area contributed by atoms with Gasteiger partial charge in [-0.2, -0.15) is 0 Å². The lowest BCUT2D eigenvalue weighted by Gasteiger charge is -2.29. The van der Waals surface area contributed by atoms with Crippen molar-refractivity contribution in [3.8, 4) is 0 Å². The van der Waals surface area contributed by atoms with E-state index in [1.54, 1.807) is 6.20 Å². The lowest BCUT2D eigenvalue weighted by molar-refractivity contribution is 0.167. The first-order chi connectivity index (χ1) is 9.75. The molecule has 2 saturated carbocycles. The second kappa shape index (κ2) is 5.85. The van der Waals surface area contributed by atoms with Crippen LogP contribution in [-0.4, -0.2) is 39.1 Å². The first-order valence-electron chi connectivity index (χ1n) is 7.77. The van der Waals surface area contributed by atoms with E-state index in [1.807, 2.05) is 17.1 Å². The normalized spacial score (nSPS) is 19.6. The highest BCUT2D eigenvalue weighted by Gasteiger charge is 2.41. The van der Waals surface area contributed by atoms with Crippen LogP contribution in [0.5, 0.6) is 0 Å². The molecule has 5 nitrogen and oxygen atoms in total. The zero-order valence-corrected chi connectivity index (χ0v) is 12.2. The van der Waals surface area contributed by atoms with Crippen LogP contribution in [0, 0.1) is 5.92 Å². The second-order valence-electron chi connectivity index (χ2n) is 6.10. The van der Waals surface area contributed by atoms with Gasteiger partial charge in [-0.05, 0) is 44.9 Å². The zero-order valence-electron chi connectivity index (χ0n) is 12.2. The summed E-state index contributed by atoms with van der Waals surface area (Å²) in [4.78, 5) is 18.5. The van der Waals surface area contributed by atoms with Gasteiger partial charge in [-0.15, -0.1) is 0 Å². The number of carbonyl (C=O) groups excluding carboxylic acids is 1. The Hall–Kier alpha value is -1.52. The van der Waals surface area contributed by atoms with E-state index in [4.69, 9.17) is 0 Å². The van der Waals surface area contributed by atoms with Crippen molar-refractivity contribution in [2.75, 3.05) is 6.54 Å². The predicted octanol–water partition coefficient (Wildman–Crippen LogP) is 2.25. The number of urea groups is 1. The third kappa shape index (κ3) is 3.32. The lowest BCUT2D eigenvalue weighted by atomic mass is 10.2. The molecule has 20 heavy (non-hydrogen) atoms. The molecule has 1 atom stereocenters. The van der Waals surface area contributed by atoms with Gasteiger partial charge in [0.2, 0.25) is 0 Å². The molecule has 2 aliphatic rings.